The first-order valence-electron chi connectivity index (χ1n) is 12.6. The van der Waals surface area contributed by atoms with Crippen molar-refractivity contribution in [3.63, 3.8) is 0 Å². The fourth-order valence-corrected chi connectivity index (χ4v) is 8.89. The third-order valence-corrected chi connectivity index (χ3v) is 10.4. The standard InChI is InChI=1S/C14H19.2C7H5FO2.CH3O.Ti/c1-10-11-6-2-4-8-13(11)14-9-5-3-7-12(10)14;2*8-6-3-1-5(2-4-6)7(9)10;1-2;/h6,10H,2-5,7-9H2,1H3;2*1-4H,(H,9,10);1H3;/q;;;-1;+3/p-2. The molecule has 0 N–H and O–H groups in total. The van der Waals surface area contributed by atoms with Crippen LogP contribution in [-0.4, -0.2) is 19.0 Å². The van der Waals surface area contributed by atoms with Gasteiger partial charge in [0.15, 0.2) is 0 Å². The van der Waals surface area contributed by atoms with Gasteiger partial charge in [0.2, 0.25) is 0 Å². The summed E-state index contributed by atoms with van der Waals surface area (Å²) in [5, 5.41) is 8.25. The third kappa shape index (κ3) is 5.95. The molecule has 0 heterocycles. The molecule has 3 aliphatic rings. The van der Waals surface area contributed by atoms with Crippen LogP contribution in [0.2, 0.25) is 4.22 Å². The zero-order chi connectivity index (χ0) is 26.5. The van der Waals surface area contributed by atoms with Crippen molar-refractivity contribution < 1.29 is 48.8 Å². The number of halogens is 2. The molecule has 2 aromatic rings. The van der Waals surface area contributed by atoms with Crippen molar-refractivity contribution in [2.24, 2.45) is 5.92 Å². The van der Waals surface area contributed by atoms with Gasteiger partial charge < -0.3 is 5.11 Å². The number of benzene rings is 2. The Bertz CT molecular complexity index is 1140. The van der Waals surface area contributed by atoms with Crippen LogP contribution in [0.15, 0.2) is 70.8 Å². The summed E-state index contributed by atoms with van der Waals surface area (Å²) in [6.45, 7) is 2.22. The van der Waals surface area contributed by atoms with Gasteiger partial charge in [-0.1, -0.05) is 0 Å². The Kier molecular flexibility index (Phi) is 9.11. The number of carbonyl (C=O) groups excluding carboxylic acids is 2. The molecule has 0 aromatic heterocycles. The Morgan fingerprint density at radius 1 is 0.784 bits per heavy atom. The molecule has 3 aliphatic carbocycles. The normalized spacial score (nSPS) is 20.4. The Morgan fingerprint density at radius 2 is 1.27 bits per heavy atom. The molecule has 2 unspecified atom stereocenters. The molecule has 0 saturated heterocycles. The van der Waals surface area contributed by atoms with Crippen molar-refractivity contribution in [3.8, 4) is 0 Å². The minimum Gasteiger partial charge on any atom is -0.857 e. The van der Waals surface area contributed by atoms with Gasteiger partial charge in [-0.15, -0.1) is 0 Å². The Balaban J connectivity index is 0.00000156. The monoisotopic (exact) mass is 544 g/mol. The minimum absolute atomic E-state index is 0.104. The van der Waals surface area contributed by atoms with Gasteiger partial charge in [0.1, 0.15) is 0 Å². The minimum atomic E-state index is -3.29. The maximum atomic E-state index is 13.4. The molecule has 0 aliphatic heterocycles. The van der Waals surface area contributed by atoms with E-state index in [0.717, 1.165) is 39.2 Å². The molecule has 0 amide bonds. The number of fused-ring (bicyclic) bond motifs is 1. The Morgan fingerprint density at radius 3 is 1.81 bits per heavy atom. The maximum Gasteiger partial charge on any atom is -0.153 e. The first-order valence-corrected chi connectivity index (χ1v) is 14.8. The van der Waals surface area contributed by atoms with E-state index in [1.165, 1.54) is 83.7 Å². The van der Waals surface area contributed by atoms with Crippen LogP contribution in [0.5, 0.6) is 0 Å². The summed E-state index contributed by atoms with van der Waals surface area (Å²) in [6.07, 6.45) is 7.32. The molecule has 37 heavy (non-hydrogen) atoms. The molecule has 0 spiro atoms. The predicted octanol–water partition coefficient (Wildman–Crippen LogP) is 6.19. The van der Waals surface area contributed by atoms with Crippen LogP contribution in [0, 0.1) is 17.6 Å². The van der Waals surface area contributed by atoms with E-state index in [4.69, 9.17) is 11.7 Å². The van der Waals surface area contributed by atoms with Gasteiger partial charge in [0.05, 0.1) is 0 Å². The van der Waals surface area contributed by atoms with Crippen LogP contribution in [0.3, 0.4) is 0 Å². The molecule has 5 nitrogen and oxygen atoms in total. The second kappa shape index (κ2) is 12.3. The van der Waals surface area contributed by atoms with Crippen molar-refractivity contribution in [1.29, 1.82) is 0 Å². The third-order valence-electron chi connectivity index (χ3n) is 7.34. The van der Waals surface area contributed by atoms with Gasteiger partial charge in [-0.25, -0.2) is 0 Å². The molecule has 0 bridgehead atoms. The topological polar surface area (TPSA) is 75.7 Å². The van der Waals surface area contributed by atoms with Crippen molar-refractivity contribution in [2.45, 2.75) is 56.1 Å². The van der Waals surface area contributed by atoms with Crippen LogP contribution >= 0.6 is 0 Å². The molecule has 194 valence electrons. The SMILES string of the molecule is CC1C2=C(CCCC2)C2=C1[CH]([Ti+]([O]C(=O)c1ccc(F)cc1)[O]C(=O)c1ccc(F)cc1)CCC2.C[O-]. The molecule has 5 rings (SSSR count). The van der Waals surface area contributed by atoms with E-state index in [9.17, 15) is 18.4 Å². The summed E-state index contributed by atoms with van der Waals surface area (Å²) in [6, 6.07) is 10.3. The van der Waals surface area contributed by atoms with Crippen LogP contribution in [0.1, 0.15) is 72.6 Å². The number of rotatable bonds is 5. The van der Waals surface area contributed by atoms with E-state index in [1.807, 2.05) is 0 Å². The van der Waals surface area contributed by atoms with E-state index in [-0.39, 0.29) is 21.3 Å². The molecule has 8 heteroatoms. The summed E-state index contributed by atoms with van der Waals surface area (Å²) >= 11 is -3.29. The second-order valence-corrected chi connectivity index (χ2v) is 12.1. The van der Waals surface area contributed by atoms with Gasteiger partial charge in [-0.2, -0.15) is 7.11 Å². The van der Waals surface area contributed by atoms with Crippen molar-refractivity contribution in [2.75, 3.05) is 7.11 Å². The quantitative estimate of drug-likeness (QED) is 0.420. The van der Waals surface area contributed by atoms with Gasteiger partial charge in [-0.05, 0) is 0 Å². The summed E-state index contributed by atoms with van der Waals surface area (Å²) in [5.74, 6) is -1.84. The first-order chi connectivity index (χ1) is 17.9. The van der Waals surface area contributed by atoms with Crippen LogP contribution in [0.4, 0.5) is 8.78 Å². The number of hydrogen-bond acceptors (Lipinski definition) is 5. The zero-order valence-electron chi connectivity index (χ0n) is 21.0. The van der Waals surface area contributed by atoms with Crippen molar-refractivity contribution in [3.05, 3.63) is 93.6 Å². The van der Waals surface area contributed by atoms with E-state index >= 15 is 0 Å². The van der Waals surface area contributed by atoms with E-state index < -0.39 is 42.2 Å². The molecule has 2 atom stereocenters. The summed E-state index contributed by atoms with van der Waals surface area (Å²) in [4.78, 5) is 26.1. The smallest absolute Gasteiger partial charge is 0.153 e. The first kappa shape index (κ1) is 27.4. The van der Waals surface area contributed by atoms with Crippen LogP contribution in [0.25, 0.3) is 0 Å². The fraction of sp³-hybridized carbons (Fsp3) is 0.379. The second-order valence-electron chi connectivity index (χ2n) is 9.42. The van der Waals surface area contributed by atoms with E-state index in [0.29, 0.717) is 0 Å². The van der Waals surface area contributed by atoms with Crippen molar-refractivity contribution in [1.82, 2.24) is 0 Å². The molecular weight excluding hydrogens is 514 g/mol. The Labute approximate surface area is 223 Å². The average molecular weight is 544 g/mol. The molecule has 0 fully saturated rings. The molecule has 0 radical (unpaired) electrons. The predicted molar refractivity (Wildman–Crippen MR) is 129 cm³/mol. The number of hydrogen-bond donors (Lipinski definition) is 0. The fourth-order valence-electron chi connectivity index (χ4n) is 5.70. The zero-order valence-corrected chi connectivity index (χ0v) is 22.6. The van der Waals surface area contributed by atoms with E-state index in [1.54, 1.807) is 0 Å². The molecular formula is C29H30F2O5Ti. The Hall–Kier alpha value is -2.61. The van der Waals surface area contributed by atoms with Gasteiger partial charge in [-0.3, -0.25) is 0 Å². The summed E-state index contributed by atoms with van der Waals surface area (Å²) in [7, 11) is 0.750. The average Bonchev–Trinajstić information content (AvgIpc) is 3.22. The van der Waals surface area contributed by atoms with Crippen LogP contribution in [-0.2, 0) is 25.3 Å². The largest absolute Gasteiger partial charge is 0.857 e. The number of carbonyl (C=O) groups is 2. The van der Waals surface area contributed by atoms with E-state index in [2.05, 4.69) is 6.92 Å². The van der Waals surface area contributed by atoms with Crippen LogP contribution < -0.4 is 5.11 Å². The van der Waals surface area contributed by atoms with Gasteiger partial charge >= 0.3 is 211 Å². The van der Waals surface area contributed by atoms with Gasteiger partial charge in [0.25, 0.3) is 0 Å². The molecule has 2 aromatic carbocycles. The van der Waals surface area contributed by atoms with Gasteiger partial charge in [0, 0.05) is 0 Å². The summed E-state index contributed by atoms with van der Waals surface area (Å²) < 4.78 is 38.6. The summed E-state index contributed by atoms with van der Waals surface area (Å²) in [5.41, 5.74) is 6.10. The number of allylic oxidation sites excluding steroid dienone is 4. The maximum absolute atomic E-state index is 13.4. The molecule has 0 saturated carbocycles. The van der Waals surface area contributed by atoms with Crippen molar-refractivity contribution >= 4 is 11.9 Å².